The molecule has 4 N–H and O–H groups in total. The first-order valence-corrected chi connectivity index (χ1v) is 4.00. The van der Waals surface area contributed by atoms with Crippen molar-refractivity contribution in [1.29, 1.82) is 0 Å². The monoisotopic (exact) mass is 178 g/mol. The summed E-state index contributed by atoms with van der Waals surface area (Å²) in [5.41, 5.74) is 0. The van der Waals surface area contributed by atoms with Crippen molar-refractivity contribution < 1.29 is 9.90 Å². The molecule has 0 aliphatic heterocycles. The first kappa shape index (κ1) is 17.5. The summed E-state index contributed by atoms with van der Waals surface area (Å²) in [6, 6.07) is 0. The van der Waals surface area contributed by atoms with Crippen LogP contribution in [0.2, 0.25) is 0 Å². The molecule has 0 unspecified atom stereocenters. The molecule has 0 aliphatic rings. The number of hydrogen-bond acceptors (Lipinski definition) is 3. The average molecular weight is 178 g/mol. The summed E-state index contributed by atoms with van der Waals surface area (Å²) < 4.78 is 0. The maximum absolute atomic E-state index is 9.00. The summed E-state index contributed by atoms with van der Waals surface area (Å²) >= 11 is 0. The Hall–Kier alpha value is -0.610. The van der Waals surface area contributed by atoms with E-state index >= 15 is 0 Å². The standard InChI is InChI=1S/C6H15N.C2H4O2.H3N/c1-4-7(5-2)6-3;1-2(3)4;/h4-6H2,1-3H3;1H3,(H,3,4);1H3. The summed E-state index contributed by atoms with van der Waals surface area (Å²) in [7, 11) is 0. The molecule has 76 valence electrons. The molecule has 4 nitrogen and oxygen atoms in total. The Morgan fingerprint density at radius 1 is 1.17 bits per heavy atom. The lowest BCUT2D eigenvalue weighted by atomic mass is 10.5. The quantitative estimate of drug-likeness (QED) is 0.688. The fourth-order valence-electron chi connectivity index (χ4n) is 0.671. The van der Waals surface area contributed by atoms with Gasteiger partial charge in [-0.25, -0.2) is 0 Å². The summed E-state index contributed by atoms with van der Waals surface area (Å²) in [6.07, 6.45) is 0. The molecule has 0 aromatic carbocycles. The molecule has 0 aromatic heterocycles. The first-order valence-electron chi connectivity index (χ1n) is 4.00. The molecular weight excluding hydrogens is 156 g/mol. The zero-order valence-corrected chi connectivity index (χ0v) is 8.63. The molecule has 0 radical (unpaired) electrons. The van der Waals surface area contributed by atoms with Crippen molar-refractivity contribution in [3.8, 4) is 0 Å². The van der Waals surface area contributed by atoms with E-state index in [1.54, 1.807) is 0 Å². The maximum Gasteiger partial charge on any atom is 0.300 e. The predicted octanol–water partition coefficient (Wildman–Crippen LogP) is 1.60. The van der Waals surface area contributed by atoms with Crippen LogP contribution in [0.3, 0.4) is 0 Å². The SMILES string of the molecule is CC(=O)O.CCN(CC)CC.N. The van der Waals surface area contributed by atoms with E-state index in [0.717, 1.165) is 6.92 Å². The minimum absolute atomic E-state index is 0. The summed E-state index contributed by atoms with van der Waals surface area (Å²) in [5.74, 6) is -0.833. The molecule has 0 saturated heterocycles. The molecule has 0 amide bonds. The van der Waals surface area contributed by atoms with Gasteiger partial charge in [-0.05, 0) is 19.6 Å². The number of rotatable bonds is 3. The second-order valence-corrected chi connectivity index (χ2v) is 2.14. The normalized spacial score (nSPS) is 8.08. The maximum atomic E-state index is 9.00. The molecule has 12 heavy (non-hydrogen) atoms. The van der Waals surface area contributed by atoms with Gasteiger partial charge in [-0.1, -0.05) is 20.8 Å². The van der Waals surface area contributed by atoms with E-state index in [9.17, 15) is 0 Å². The molecule has 0 saturated carbocycles. The van der Waals surface area contributed by atoms with Gasteiger partial charge in [0.2, 0.25) is 0 Å². The predicted molar refractivity (Wildman–Crippen MR) is 51.8 cm³/mol. The smallest absolute Gasteiger partial charge is 0.300 e. The van der Waals surface area contributed by atoms with Crippen molar-refractivity contribution in [3.63, 3.8) is 0 Å². The van der Waals surface area contributed by atoms with Crippen LogP contribution < -0.4 is 6.15 Å². The van der Waals surface area contributed by atoms with Gasteiger partial charge in [0.05, 0.1) is 0 Å². The van der Waals surface area contributed by atoms with Gasteiger partial charge in [0.25, 0.3) is 5.97 Å². The average Bonchev–Trinajstić information content (AvgIpc) is 1.90. The number of carbonyl (C=O) groups is 1. The molecule has 0 spiro atoms. The Morgan fingerprint density at radius 3 is 1.33 bits per heavy atom. The highest BCUT2D eigenvalue weighted by atomic mass is 16.4. The number of carboxylic acids is 1. The van der Waals surface area contributed by atoms with Crippen LogP contribution in [0, 0.1) is 0 Å². The molecule has 0 heterocycles. The van der Waals surface area contributed by atoms with Crippen molar-refractivity contribution in [2.24, 2.45) is 0 Å². The van der Waals surface area contributed by atoms with Gasteiger partial charge < -0.3 is 16.2 Å². The fraction of sp³-hybridized carbons (Fsp3) is 0.875. The van der Waals surface area contributed by atoms with E-state index < -0.39 is 5.97 Å². The van der Waals surface area contributed by atoms with E-state index in [2.05, 4.69) is 25.7 Å². The van der Waals surface area contributed by atoms with Crippen molar-refractivity contribution in [3.05, 3.63) is 0 Å². The lowest BCUT2D eigenvalue weighted by molar-refractivity contribution is -0.134. The van der Waals surface area contributed by atoms with Crippen molar-refractivity contribution in [1.82, 2.24) is 11.1 Å². The van der Waals surface area contributed by atoms with Crippen LogP contribution in [0.5, 0.6) is 0 Å². The minimum Gasteiger partial charge on any atom is -0.481 e. The largest absolute Gasteiger partial charge is 0.481 e. The van der Waals surface area contributed by atoms with Crippen LogP contribution in [0.4, 0.5) is 0 Å². The van der Waals surface area contributed by atoms with Crippen molar-refractivity contribution >= 4 is 5.97 Å². The molecule has 0 aromatic rings. The first-order chi connectivity index (χ1) is 5.08. The molecule has 0 rings (SSSR count). The Kier molecular flexibility index (Phi) is 18.9. The van der Waals surface area contributed by atoms with Gasteiger partial charge in [-0.3, -0.25) is 4.79 Å². The second-order valence-electron chi connectivity index (χ2n) is 2.14. The number of aliphatic carboxylic acids is 1. The lowest BCUT2D eigenvalue weighted by Crippen LogP contribution is -2.21. The van der Waals surface area contributed by atoms with E-state index in [1.807, 2.05) is 0 Å². The van der Waals surface area contributed by atoms with Crippen LogP contribution in [0.1, 0.15) is 27.7 Å². The summed E-state index contributed by atoms with van der Waals surface area (Å²) in [4.78, 5) is 11.4. The van der Waals surface area contributed by atoms with Gasteiger partial charge in [0, 0.05) is 6.92 Å². The highest BCUT2D eigenvalue weighted by molar-refractivity contribution is 5.62. The van der Waals surface area contributed by atoms with Crippen molar-refractivity contribution in [2.45, 2.75) is 27.7 Å². The van der Waals surface area contributed by atoms with Crippen LogP contribution in [0.25, 0.3) is 0 Å². The highest BCUT2D eigenvalue weighted by Crippen LogP contribution is 1.81. The Labute approximate surface area is 75.2 Å². The number of hydrogen-bond donors (Lipinski definition) is 2. The van der Waals surface area contributed by atoms with E-state index in [-0.39, 0.29) is 6.15 Å². The third kappa shape index (κ3) is 22.8. The number of nitrogens with zero attached hydrogens (tertiary/aromatic N) is 1. The molecule has 0 atom stereocenters. The fourth-order valence-corrected chi connectivity index (χ4v) is 0.671. The Bertz CT molecular complexity index is 83.5. The van der Waals surface area contributed by atoms with E-state index in [0.29, 0.717) is 0 Å². The van der Waals surface area contributed by atoms with Crippen LogP contribution in [0.15, 0.2) is 0 Å². The topological polar surface area (TPSA) is 75.5 Å². The molecule has 0 fully saturated rings. The molecule has 0 aliphatic carbocycles. The summed E-state index contributed by atoms with van der Waals surface area (Å²) in [5, 5.41) is 7.42. The van der Waals surface area contributed by atoms with E-state index in [4.69, 9.17) is 9.90 Å². The Balaban J connectivity index is -0.000000142. The molecule has 4 heteroatoms. The third-order valence-corrected chi connectivity index (χ3v) is 1.34. The summed E-state index contributed by atoms with van der Waals surface area (Å²) in [6.45, 7) is 11.2. The van der Waals surface area contributed by atoms with Gasteiger partial charge in [0.1, 0.15) is 0 Å². The van der Waals surface area contributed by atoms with Gasteiger partial charge >= 0.3 is 0 Å². The van der Waals surface area contributed by atoms with Crippen LogP contribution in [-0.2, 0) is 4.79 Å². The minimum atomic E-state index is -0.833. The van der Waals surface area contributed by atoms with Crippen molar-refractivity contribution in [2.75, 3.05) is 19.6 Å². The van der Waals surface area contributed by atoms with Gasteiger partial charge in [-0.15, -0.1) is 0 Å². The van der Waals surface area contributed by atoms with E-state index in [1.165, 1.54) is 19.6 Å². The van der Waals surface area contributed by atoms with Gasteiger partial charge in [0.15, 0.2) is 0 Å². The Morgan fingerprint density at radius 2 is 1.33 bits per heavy atom. The lowest BCUT2D eigenvalue weighted by Gasteiger charge is -2.13. The van der Waals surface area contributed by atoms with Crippen LogP contribution >= 0.6 is 0 Å². The third-order valence-electron chi connectivity index (χ3n) is 1.34. The van der Waals surface area contributed by atoms with Crippen LogP contribution in [-0.4, -0.2) is 35.6 Å². The molecular formula is C8H22N2O2. The zero-order chi connectivity index (χ0) is 9.28. The molecule has 0 bridgehead atoms. The van der Waals surface area contributed by atoms with Gasteiger partial charge in [-0.2, -0.15) is 0 Å². The number of carboxylic acid groups (broad SMARTS) is 1. The second kappa shape index (κ2) is 13.0. The zero-order valence-electron chi connectivity index (χ0n) is 8.63. The highest BCUT2D eigenvalue weighted by Gasteiger charge is 1.89.